The molecule has 2 rings (SSSR count). The molecule has 0 aliphatic rings. The molecular formula is C17H19BrO2. The monoisotopic (exact) mass is 334 g/mol. The first kappa shape index (κ1) is 15.1. The van der Waals surface area contributed by atoms with Gasteiger partial charge in [0.1, 0.15) is 5.75 Å². The van der Waals surface area contributed by atoms with Crippen molar-refractivity contribution in [2.45, 2.75) is 25.9 Å². The number of methoxy groups -OCH3 is 1. The van der Waals surface area contributed by atoms with Crippen LogP contribution in [0.3, 0.4) is 0 Å². The fraction of sp³-hybridized carbons (Fsp3) is 0.294. The SMILES string of the molecule is COc1ccc(CCC(O)c2cc(C)cc(Br)c2)cc1. The quantitative estimate of drug-likeness (QED) is 0.876. The van der Waals surface area contributed by atoms with Crippen molar-refractivity contribution in [2.24, 2.45) is 0 Å². The Balaban J connectivity index is 1.98. The maximum atomic E-state index is 10.3. The summed E-state index contributed by atoms with van der Waals surface area (Å²) >= 11 is 3.47. The minimum absolute atomic E-state index is 0.437. The van der Waals surface area contributed by atoms with Crippen LogP contribution in [0.5, 0.6) is 5.75 Å². The van der Waals surface area contributed by atoms with Crippen LogP contribution in [0, 0.1) is 6.92 Å². The van der Waals surface area contributed by atoms with Crippen LogP contribution in [0.25, 0.3) is 0 Å². The second kappa shape index (κ2) is 6.91. The zero-order chi connectivity index (χ0) is 14.5. The van der Waals surface area contributed by atoms with E-state index in [2.05, 4.69) is 15.9 Å². The summed E-state index contributed by atoms with van der Waals surface area (Å²) < 4.78 is 6.15. The van der Waals surface area contributed by atoms with Gasteiger partial charge in [-0.05, 0) is 60.7 Å². The number of aliphatic hydroxyl groups excluding tert-OH is 1. The molecule has 0 aliphatic heterocycles. The van der Waals surface area contributed by atoms with Crippen molar-refractivity contribution in [1.29, 1.82) is 0 Å². The average molecular weight is 335 g/mol. The lowest BCUT2D eigenvalue weighted by atomic mass is 10.00. The highest BCUT2D eigenvalue weighted by Gasteiger charge is 2.09. The fourth-order valence-electron chi connectivity index (χ4n) is 2.22. The van der Waals surface area contributed by atoms with E-state index >= 15 is 0 Å². The van der Waals surface area contributed by atoms with Gasteiger partial charge in [0, 0.05) is 4.47 Å². The van der Waals surface area contributed by atoms with Gasteiger partial charge in [-0.25, -0.2) is 0 Å². The highest BCUT2D eigenvalue weighted by Crippen LogP contribution is 2.24. The van der Waals surface area contributed by atoms with E-state index in [4.69, 9.17) is 4.74 Å². The predicted molar refractivity (Wildman–Crippen MR) is 85.2 cm³/mol. The van der Waals surface area contributed by atoms with Crippen LogP contribution in [-0.2, 0) is 6.42 Å². The molecule has 0 aromatic heterocycles. The van der Waals surface area contributed by atoms with Gasteiger partial charge in [0.05, 0.1) is 13.2 Å². The topological polar surface area (TPSA) is 29.5 Å². The van der Waals surface area contributed by atoms with Gasteiger partial charge < -0.3 is 9.84 Å². The van der Waals surface area contributed by atoms with Crippen molar-refractivity contribution >= 4 is 15.9 Å². The van der Waals surface area contributed by atoms with Crippen LogP contribution in [0.15, 0.2) is 46.9 Å². The molecule has 0 heterocycles. The molecule has 0 fully saturated rings. The van der Waals surface area contributed by atoms with Gasteiger partial charge in [-0.2, -0.15) is 0 Å². The molecule has 0 amide bonds. The third-order valence-electron chi connectivity index (χ3n) is 3.31. The van der Waals surface area contributed by atoms with Crippen molar-refractivity contribution < 1.29 is 9.84 Å². The Bertz CT molecular complexity index is 543. The Morgan fingerprint density at radius 2 is 1.85 bits per heavy atom. The molecule has 2 aromatic rings. The Morgan fingerprint density at radius 1 is 1.15 bits per heavy atom. The van der Waals surface area contributed by atoms with E-state index in [0.717, 1.165) is 27.8 Å². The van der Waals surface area contributed by atoms with Gasteiger partial charge in [0.15, 0.2) is 0 Å². The van der Waals surface area contributed by atoms with Crippen LogP contribution in [0.2, 0.25) is 0 Å². The second-order valence-corrected chi connectivity index (χ2v) is 5.88. The minimum atomic E-state index is -0.437. The van der Waals surface area contributed by atoms with E-state index in [1.807, 2.05) is 49.4 Å². The normalized spacial score (nSPS) is 12.2. The van der Waals surface area contributed by atoms with Crippen molar-refractivity contribution in [2.75, 3.05) is 7.11 Å². The number of hydrogen-bond donors (Lipinski definition) is 1. The van der Waals surface area contributed by atoms with Gasteiger partial charge in [0.25, 0.3) is 0 Å². The number of aryl methyl sites for hydroxylation is 2. The molecule has 3 heteroatoms. The number of halogens is 1. The van der Waals surface area contributed by atoms with Crippen LogP contribution in [0.4, 0.5) is 0 Å². The summed E-state index contributed by atoms with van der Waals surface area (Å²) in [6.45, 7) is 2.03. The summed E-state index contributed by atoms with van der Waals surface area (Å²) in [4.78, 5) is 0. The largest absolute Gasteiger partial charge is 0.497 e. The first-order valence-corrected chi connectivity index (χ1v) is 7.46. The van der Waals surface area contributed by atoms with Crippen molar-refractivity contribution in [1.82, 2.24) is 0 Å². The highest BCUT2D eigenvalue weighted by atomic mass is 79.9. The lowest BCUT2D eigenvalue weighted by Gasteiger charge is -2.12. The molecule has 0 bridgehead atoms. The zero-order valence-corrected chi connectivity index (χ0v) is 13.4. The molecule has 0 spiro atoms. The van der Waals surface area contributed by atoms with Crippen molar-refractivity contribution in [3.8, 4) is 5.75 Å². The summed E-state index contributed by atoms with van der Waals surface area (Å²) in [5, 5.41) is 10.3. The van der Waals surface area contributed by atoms with Crippen LogP contribution in [0.1, 0.15) is 29.2 Å². The standard InChI is InChI=1S/C17H19BrO2/c1-12-9-14(11-15(18)10-12)17(19)8-5-13-3-6-16(20-2)7-4-13/h3-4,6-7,9-11,17,19H,5,8H2,1-2H3. The van der Waals surface area contributed by atoms with Gasteiger partial charge >= 0.3 is 0 Å². The third-order valence-corrected chi connectivity index (χ3v) is 3.77. The fourth-order valence-corrected chi connectivity index (χ4v) is 2.84. The predicted octanol–water partition coefficient (Wildman–Crippen LogP) is 4.43. The Morgan fingerprint density at radius 3 is 2.45 bits per heavy atom. The van der Waals surface area contributed by atoms with E-state index in [1.54, 1.807) is 7.11 Å². The molecule has 1 unspecified atom stereocenters. The van der Waals surface area contributed by atoms with E-state index < -0.39 is 6.10 Å². The maximum Gasteiger partial charge on any atom is 0.118 e. The molecule has 0 saturated carbocycles. The lowest BCUT2D eigenvalue weighted by molar-refractivity contribution is 0.167. The van der Waals surface area contributed by atoms with Gasteiger partial charge in [-0.15, -0.1) is 0 Å². The number of rotatable bonds is 5. The average Bonchev–Trinajstić information content (AvgIpc) is 2.44. The first-order chi connectivity index (χ1) is 9.58. The number of aliphatic hydroxyl groups is 1. The molecule has 106 valence electrons. The van der Waals surface area contributed by atoms with Gasteiger partial charge in [-0.1, -0.05) is 34.1 Å². The summed E-state index contributed by atoms with van der Waals surface area (Å²) in [7, 11) is 1.66. The van der Waals surface area contributed by atoms with E-state index in [0.29, 0.717) is 6.42 Å². The smallest absolute Gasteiger partial charge is 0.118 e. The zero-order valence-electron chi connectivity index (χ0n) is 11.8. The number of hydrogen-bond acceptors (Lipinski definition) is 2. The molecular weight excluding hydrogens is 316 g/mol. The van der Waals surface area contributed by atoms with Gasteiger partial charge in [-0.3, -0.25) is 0 Å². The number of ether oxygens (including phenoxy) is 1. The highest BCUT2D eigenvalue weighted by molar-refractivity contribution is 9.10. The Kier molecular flexibility index (Phi) is 5.21. The second-order valence-electron chi connectivity index (χ2n) is 4.96. The Labute approximate surface area is 128 Å². The van der Waals surface area contributed by atoms with Crippen LogP contribution >= 0.6 is 15.9 Å². The van der Waals surface area contributed by atoms with Crippen molar-refractivity contribution in [3.63, 3.8) is 0 Å². The minimum Gasteiger partial charge on any atom is -0.497 e. The maximum absolute atomic E-state index is 10.3. The Hall–Kier alpha value is -1.32. The number of benzene rings is 2. The summed E-state index contributed by atoms with van der Waals surface area (Å²) in [5.41, 5.74) is 3.32. The third kappa shape index (κ3) is 4.09. The summed E-state index contributed by atoms with van der Waals surface area (Å²) in [5.74, 6) is 0.858. The van der Waals surface area contributed by atoms with Gasteiger partial charge in [0.2, 0.25) is 0 Å². The summed E-state index contributed by atoms with van der Waals surface area (Å²) in [6.07, 6.45) is 1.12. The van der Waals surface area contributed by atoms with Crippen molar-refractivity contribution in [3.05, 3.63) is 63.6 Å². The van der Waals surface area contributed by atoms with Crippen LogP contribution in [-0.4, -0.2) is 12.2 Å². The van der Waals surface area contributed by atoms with E-state index in [1.165, 1.54) is 5.56 Å². The molecule has 20 heavy (non-hydrogen) atoms. The summed E-state index contributed by atoms with van der Waals surface area (Å²) in [6, 6.07) is 14.0. The molecule has 0 saturated heterocycles. The molecule has 0 aliphatic carbocycles. The lowest BCUT2D eigenvalue weighted by Crippen LogP contribution is -2.00. The first-order valence-electron chi connectivity index (χ1n) is 6.66. The molecule has 1 N–H and O–H groups in total. The van der Waals surface area contributed by atoms with E-state index in [9.17, 15) is 5.11 Å². The molecule has 0 radical (unpaired) electrons. The molecule has 2 aromatic carbocycles. The van der Waals surface area contributed by atoms with Crippen LogP contribution < -0.4 is 4.74 Å². The van der Waals surface area contributed by atoms with E-state index in [-0.39, 0.29) is 0 Å². The molecule has 2 nitrogen and oxygen atoms in total. The molecule has 1 atom stereocenters.